The molecule has 1 atom stereocenters. The number of nitrogens with one attached hydrogen (secondary N) is 1. The van der Waals surface area contributed by atoms with Gasteiger partial charge in [-0.05, 0) is 24.1 Å². The van der Waals surface area contributed by atoms with E-state index in [4.69, 9.17) is 0 Å². The number of para-hydroxylation sites is 1. The van der Waals surface area contributed by atoms with Crippen LogP contribution in [0.15, 0.2) is 54.6 Å². The third-order valence-electron chi connectivity index (χ3n) is 3.74. The van der Waals surface area contributed by atoms with Gasteiger partial charge >= 0.3 is 0 Å². The maximum Gasteiger partial charge on any atom is 0.0459 e. The van der Waals surface area contributed by atoms with Crippen LogP contribution in [0.5, 0.6) is 0 Å². The molecule has 0 amide bonds. The van der Waals surface area contributed by atoms with Crippen LogP contribution in [-0.2, 0) is 0 Å². The molecule has 90 valence electrons. The molecule has 0 radical (unpaired) electrons. The van der Waals surface area contributed by atoms with Crippen LogP contribution in [0, 0.1) is 6.92 Å². The summed E-state index contributed by atoms with van der Waals surface area (Å²) in [6, 6.07) is 19.1. The van der Waals surface area contributed by atoms with Crippen LogP contribution >= 0.6 is 0 Å². The highest BCUT2D eigenvalue weighted by atomic mass is 14.7. The summed E-state index contributed by atoms with van der Waals surface area (Å²) in [6.45, 7) is 4.46. The molecule has 0 aliphatic heterocycles. The Balaban J connectivity index is 2.12. The molecule has 0 fully saturated rings. The standard InChI is InChI=1S/C17H17N/c1-12(14-8-4-3-5-9-14)17-13(2)15-10-6-7-11-16(15)18-17/h3-12,18H,1-2H3. The fraction of sp³-hybridized carbons (Fsp3) is 0.176. The summed E-state index contributed by atoms with van der Waals surface area (Å²) in [7, 11) is 0. The third kappa shape index (κ3) is 1.72. The molecule has 0 spiro atoms. The van der Waals surface area contributed by atoms with Crippen molar-refractivity contribution in [3.63, 3.8) is 0 Å². The Labute approximate surface area is 107 Å². The summed E-state index contributed by atoms with van der Waals surface area (Å²) in [5.41, 5.74) is 5.27. The number of hydrogen-bond acceptors (Lipinski definition) is 0. The predicted octanol–water partition coefficient (Wildman–Crippen LogP) is 4.63. The van der Waals surface area contributed by atoms with Crippen molar-refractivity contribution in [1.82, 2.24) is 4.98 Å². The maximum absolute atomic E-state index is 3.56. The third-order valence-corrected chi connectivity index (χ3v) is 3.74. The summed E-state index contributed by atoms with van der Waals surface area (Å²) in [5, 5.41) is 1.33. The molecule has 3 rings (SSSR count). The van der Waals surface area contributed by atoms with E-state index in [1.54, 1.807) is 0 Å². The van der Waals surface area contributed by atoms with Gasteiger partial charge in [0.15, 0.2) is 0 Å². The molecule has 1 N–H and O–H groups in total. The quantitative estimate of drug-likeness (QED) is 0.666. The number of rotatable bonds is 2. The van der Waals surface area contributed by atoms with Crippen LogP contribution in [0.2, 0.25) is 0 Å². The Hall–Kier alpha value is -2.02. The van der Waals surface area contributed by atoms with Gasteiger partial charge in [0.25, 0.3) is 0 Å². The van der Waals surface area contributed by atoms with E-state index >= 15 is 0 Å². The predicted molar refractivity (Wildman–Crippen MR) is 77.0 cm³/mol. The first-order chi connectivity index (χ1) is 8.77. The van der Waals surface area contributed by atoms with Gasteiger partial charge in [0, 0.05) is 22.5 Å². The minimum atomic E-state index is 0.401. The van der Waals surface area contributed by atoms with Crippen molar-refractivity contribution in [1.29, 1.82) is 0 Å². The molecular formula is C17H17N. The molecule has 3 aromatic rings. The van der Waals surface area contributed by atoms with Crippen LogP contribution in [0.1, 0.15) is 29.7 Å². The van der Waals surface area contributed by atoms with E-state index in [0.29, 0.717) is 5.92 Å². The number of aromatic amines is 1. The molecule has 1 nitrogen and oxygen atoms in total. The van der Waals surface area contributed by atoms with Crippen molar-refractivity contribution in [2.45, 2.75) is 19.8 Å². The van der Waals surface area contributed by atoms with Crippen molar-refractivity contribution in [2.24, 2.45) is 0 Å². The summed E-state index contributed by atoms with van der Waals surface area (Å²) >= 11 is 0. The first-order valence-corrected chi connectivity index (χ1v) is 6.39. The monoisotopic (exact) mass is 235 g/mol. The van der Waals surface area contributed by atoms with Crippen molar-refractivity contribution >= 4 is 10.9 Å². The second-order valence-corrected chi connectivity index (χ2v) is 4.84. The highest BCUT2D eigenvalue weighted by Gasteiger charge is 2.14. The number of aryl methyl sites for hydroxylation is 1. The largest absolute Gasteiger partial charge is 0.358 e. The molecule has 1 heteroatoms. The molecule has 1 heterocycles. The van der Waals surface area contributed by atoms with Crippen molar-refractivity contribution in [3.05, 3.63) is 71.4 Å². The van der Waals surface area contributed by atoms with E-state index in [9.17, 15) is 0 Å². The molecule has 18 heavy (non-hydrogen) atoms. The highest BCUT2D eigenvalue weighted by Crippen LogP contribution is 2.30. The van der Waals surface area contributed by atoms with Crippen molar-refractivity contribution in [2.75, 3.05) is 0 Å². The number of aromatic nitrogens is 1. The lowest BCUT2D eigenvalue weighted by molar-refractivity contribution is 0.878. The van der Waals surface area contributed by atoms with Gasteiger partial charge in [-0.2, -0.15) is 0 Å². The molecule has 0 aliphatic carbocycles. The first-order valence-electron chi connectivity index (χ1n) is 6.39. The van der Waals surface area contributed by atoms with E-state index in [1.807, 2.05) is 0 Å². The SMILES string of the molecule is Cc1c(C(C)c2ccccc2)[nH]c2ccccc12. The first kappa shape index (κ1) is 11.1. The zero-order chi connectivity index (χ0) is 12.5. The van der Waals surface area contributed by atoms with Gasteiger partial charge in [0.2, 0.25) is 0 Å². The van der Waals surface area contributed by atoms with E-state index in [-0.39, 0.29) is 0 Å². The zero-order valence-electron chi connectivity index (χ0n) is 10.8. The van der Waals surface area contributed by atoms with Gasteiger partial charge in [-0.15, -0.1) is 0 Å². The fourth-order valence-electron chi connectivity index (χ4n) is 2.64. The normalized spacial score (nSPS) is 12.8. The number of benzene rings is 2. The molecule has 0 saturated heterocycles. The average molecular weight is 235 g/mol. The molecule has 2 aromatic carbocycles. The van der Waals surface area contributed by atoms with E-state index in [0.717, 1.165) is 0 Å². The Bertz CT molecular complexity index is 664. The van der Waals surface area contributed by atoms with Crippen molar-refractivity contribution in [3.8, 4) is 0 Å². The van der Waals surface area contributed by atoms with Crippen LogP contribution in [0.25, 0.3) is 10.9 Å². The maximum atomic E-state index is 3.56. The zero-order valence-corrected chi connectivity index (χ0v) is 10.8. The van der Waals surface area contributed by atoms with Gasteiger partial charge in [-0.3, -0.25) is 0 Å². The highest BCUT2D eigenvalue weighted by molar-refractivity contribution is 5.84. The molecule has 0 aliphatic rings. The number of hydrogen-bond donors (Lipinski definition) is 1. The van der Waals surface area contributed by atoms with Crippen LogP contribution < -0.4 is 0 Å². The number of fused-ring (bicyclic) bond motifs is 1. The smallest absolute Gasteiger partial charge is 0.0459 e. The van der Waals surface area contributed by atoms with Gasteiger partial charge in [0.1, 0.15) is 0 Å². The van der Waals surface area contributed by atoms with E-state index < -0.39 is 0 Å². The lowest BCUT2D eigenvalue weighted by Crippen LogP contribution is -1.97. The lowest BCUT2D eigenvalue weighted by atomic mass is 9.95. The van der Waals surface area contributed by atoms with Crippen molar-refractivity contribution < 1.29 is 0 Å². The van der Waals surface area contributed by atoms with Gasteiger partial charge < -0.3 is 4.98 Å². The van der Waals surface area contributed by atoms with Crippen LogP contribution in [0.4, 0.5) is 0 Å². The number of H-pyrrole nitrogens is 1. The molecule has 1 unspecified atom stereocenters. The van der Waals surface area contributed by atoms with E-state index in [1.165, 1.54) is 27.7 Å². The van der Waals surface area contributed by atoms with Gasteiger partial charge in [-0.1, -0.05) is 55.5 Å². The summed E-state index contributed by atoms with van der Waals surface area (Å²) in [6.07, 6.45) is 0. The second kappa shape index (κ2) is 4.34. The molecule has 1 aromatic heterocycles. The summed E-state index contributed by atoms with van der Waals surface area (Å²) in [5.74, 6) is 0.401. The summed E-state index contributed by atoms with van der Waals surface area (Å²) < 4.78 is 0. The minimum absolute atomic E-state index is 0.401. The molecule has 0 saturated carbocycles. The Morgan fingerprint density at radius 1 is 0.889 bits per heavy atom. The average Bonchev–Trinajstić information content (AvgIpc) is 2.77. The van der Waals surface area contributed by atoms with Gasteiger partial charge in [0.05, 0.1) is 0 Å². The summed E-state index contributed by atoms with van der Waals surface area (Å²) in [4.78, 5) is 3.56. The minimum Gasteiger partial charge on any atom is -0.358 e. The Morgan fingerprint density at radius 3 is 2.28 bits per heavy atom. The Kier molecular flexibility index (Phi) is 2.67. The Morgan fingerprint density at radius 2 is 1.56 bits per heavy atom. The topological polar surface area (TPSA) is 15.8 Å². The van der Waals surface area contributed by atoms with Crippen LogP contribution in [0.3, 0.4) is 0 Å². The van der Waals surface area contributed by atoms with Crippen LogP contribution in [-0.4, -0.2) is 4.98 Å². The fourth-order valence-corrected chi connectivity index (χ4v) is 2.64. The van der Waals surface area contributed by atoms with Gasteiger partial charge in [-0.25, -0.2) is 0 Å². The molecular weight excluding hydrogens is 218 g/mol. The molecule has 0 bridgehead atoms. The lowest BCUT2D eigenvalue weighted by Gasteiger charge is -2.11. The van der Waals surface area contributed by atoms with E-state index in [2.05, 4.69) is 73.4 Å². The second-order valence-electron chi connectivity index (χ2n) is 4.84.